The smallest absolute Gasteiger partial charge is 0.195 e. The van der Waals surface area contributed by atoms with Gasteiger partial charge in [0, 0.05) is 23.3 Å². The third-order valence-corrected chi connectivity index (χ3v) is 3.93. The summed E-state index contributed by atoms with van der Waals surface area (Å²) in [5.74, 6) is 0.885. The molecule has 0 spiro atoms. The molecule has 0 bridgehead atoms. The number of nitrogens with zero attached hydrogens (tertiary/aromatic N) is 1. The first-order valence-electron chi connectivity index (χ1n) is 6.84. The minimum Gasteiger partial charge on any atom is -0.477 e. The zero-order valence-electron chi connectivity index (χ0n) is 11.0. The van der Waals surface area contributed by atoms with Gasteiger partial charge in [-0.1, -0.05) is 31.5 Å². The van der Waals surface area contributed by atoms with E-state index in [1.807, 2.05) is 18.2 Å². The average Bonchev–Trinajstić information content (AvgIpc) is 2.45. The normalized spacial score (nSPS) is 17.7. The summed E-state index contributed by atoms with van der Waals surface area (Å²) in [7, 11) is 0. The fourth-order valence-electron chi connectivity index (χ4n) is 2.13. The minimum absolute atomic E-state index is 0.397. The minimum atomic E-state index is 0.397. The van der Waals surface area contributed by atoms with Gasteiger partial charge in [0.25, 0.3) is 0 Å². The van der Waals surface area contributed by atoms with Crippen LogP contribution in [0.15, 0.2) is 39.6 Å². The number of ether oxygens (including phenoxy) is 1. The van der Waals surface area contributed by atoms with E-state index in [9.17, 15) is 0 Å². The molecule has 3 heteroatoms. The SMILES string of the molecule is CCC(=NSc1ccccc1)OC1CCCCC1. The Balaban J connectivity index is 1.87. The van der Waals surface area contributed by atoms with Crippen LogP contribution in [0.4, 0.5) is 0 Å². The highest BCUT2D eigenvalue weighted by atomic mass is 32.2. The lowest BCUT2D eigenvalue weighted by Gasteiger charge is -2.23. The van der Waals surface area contributed by atoms with Crippen LogP contribution in [0, 0.1) is 0 Å². The zero-order chi connectivity index (χ0) is 12.6. The summed E-state index contributed by atoms with van der Waals surface area (Å²) >= 11 is 1.50. The maximum absolute atomic E-state index is 5.99. The molecule has 1 aliphatic rings. The van der Waals surface area contributed by atoms with Gasteiger partial charge < -0.3 is 4.74 Å². The number of hydrogen-bond donors (Lipinski definition) is 0. The Morgan fingerprint density at radius 1 is 1.22 bits per heavy atom. The second-order valence-electron chi connectivity index (χ2n) is 4.62. The fraction of sp³-hybridized carbons (Fsp3) is 0.533. The van der Waals surface area contributed by atoms with E-state index >= 15 is 0 Å². The highest BCUT2D eigenvalue weighted by Crippen LogP contribution is 2.23. The standard InChI is InChI=1S/C15H21NOS/c1-2-15(17-13-9-5-3-6-10-13)16-18-14-11-7-4-8-12-14/h4,7-8,11-13H,2-3,5-6,9-10H2,1H3. The summed E-state index contributed by atoms with van der Waals surface area (Å²) in [6.45, 7) is 2.10. The van der Waals surface area contributed by atoms with E-state index in [1.54, 1.807) is 0 Å². The van der Waals surface area contributed by atoms with Crippen LogP contribution >= 0.6 is 11.9 Å². The van der Waals surface area contributed by atoms with E-state index in [0.29, 0.717) is 6.10 Å². The van der Waals surface area contributed by atoms with E-state index in [2.05, 4.69) is 23.5 Å². The Morgan fingerprint density at radius 3 is 2.61 bits per heavy atom. The van der Waals surface area contributed by atoms with Gasteiger partial charge in [-0.15, -0.1) is 0 Å². The van der Waals surface area contributed by atoms with Crippen molar-refractivity contribution in [1.82, 2.24) is 0 Å². The second kappa shape index (κ2) is 7.47. The van der Waals surface area contributed by atoms with Crippen LogP contribution in [0.2, 0.25) is 0 Å². The van der Waals surface area contributed by atoms with Crippen LogP contribution in [0.3, 0.4) is 0 Å². The third-order valence-electron chi connectivity index (χ3n) is 3.15. The van der Waals surface area contributed by atoms with Crippen molar-refractivity contribution in [1.29, 1.82) is 0 Å². The molecule has 0 atom stereocenters. The molecule has 0 aliphatic heterocycles. The third kappa shape index (κ3) is 4.37. The lowest BCUT2D eigenvalue weighted by molar-refractivity contribution is 0.139. The zero-order valence-corrected chi connectivity index (χ0v) is 11.8. The fourth-order valence-corrected chi connectivity index (χ4v) is 2.79. The maximum atomic E-state index is 5.99. The predicted octanol–water partition coefficient (Wildman–Crippen LogP) is 4.85. The van der Waals surface area contributed by atoms with Gasteiger partial charge in [0.1, 0.15) is 6.10 Å². The van der Waals surface area contributed by atoms with Gasteiger partial charge in [0.15, 0.2) is 5.90 Å². The predicted molar refractivity (Wildman–Crippen MR) is 78.0 cm³/mol. The van der Waals surface area contributed by atoms with E-state index < -0.39 is 0 Å². The molecule has 1 fully saturated rings. The monoisotopic (exact) mass is 263 g/mol. The van der Waals surface area contributed by atoms with Gasteiger partial charge in [-0.05, 0) is 37.8 Å². The van der Waals surface area contributed by atoms with Crippen LogP contribution in [0.25, 0.3) is 0 Å². The molecule has 0 radical (unpaired) electrons. The molecular weight excluding hydrogens is 242 g/mol. The molecular formula is C15H21NOS. The summed E-state index contributed by atoms with van der Waals surface area (Å²) in [4.78, 5) is 1.16. The Labute approximate surface area is 114 Å². The van der Waals surface area contributed by atoms with E-state index in [-0.39, 0.29) is 0 Å². The number of hydrogen-bond acceptors (Lipinski definition) is 3. The van der Waals surface area contributed by atoms with Crippen molar-refractivity contribution in [3.05, 3.63) is 30.3 Å². The molecule has 0 N–H and O–H groups in total. The Hall–Kier alpha value is -0.960. The Kier molecular flexibility index (Phi) is 5.59. The molecule has 0 saturated heterocycles. The van der Waals surface area contributed by atoms with Crippen molar-refractivity contribution in [2.45, 2.75) is 56.4 Å². The largest absolute Gasteiger partial charge is 0.477 e. The van der Waals surface area contributed by atoms with Crippen LogP contribution in [-0.2, 0) is 4.74 Å². The Bertz CT molecular complexity index is 371. The summed E-state index contributed by atoms with van der Waals surface area (Å²) in [6, 6.07) is 10.2. The molecule has 1 aromatic rings. The van der Waals surface area contributed by atoms with Gasteiger partial charge >= 0.3 is 0 Å². The second-order valence-corrected chi connectivity index (χ2v) is 5.46. The first-order valence-corrected chi connectivity index (χ1v) is 7.61. The molecule has 18 heavy (non-hydrogen) atoms. The van der Waals surface area contributed by atoms with Crippen molar-refractivity contribution in [3.63, 3.8) is 0 Å². The number of rotatable bonds is 4. The summed E-state index contributed by atoms with van der Waals surface area (Å²) < 4.78 is 10.5. The van der Waals surface area contributed by atoms with Gasteiger partial charge in [0.05, 0.1) is 0 Å². The van der Waals surface area contributed by atoms with Crippen molar-refractivity contribution in [2.75, 3.05) is 0 Å². The molecule has 2 rings (SSSR count). The van der Waals surface area contributed by atoms with E-state index in [4.69, 9.17) is 4.74 Å². The van der Waals surface area contributed by atoms with Gasteiger partial charge in [-0.2, -0.15) is 4.40 Å². The van der Waals surface area contributed by atoms with E-state index in [0.717, 1.165) is 17.2 Å². The van der Waals surface area contributed by atoms with Gasteiger partial charge in [0.2, 0.25) is 0 Å². The van der Waals surface area contributed by atoms with Gasteiger partial charge in [-0.3, -0.25) is 0 Å². The molecule has 0 amide bonds. The average molecular weight is 263 g/mol. The number of benzene rings is 1. The van der Waals surface area contributed by atoms with Crippen LogP contribution in [0.5, 0.6) is 0 Å². The molecule has 1 aromatic carbocycles. The van der Waals surface area contributed by atoms with Crippen LogP contribution in [-0.4, -0.2) is 12.0 Å². The van der Waals surface area contributed by atoms with E-state index in [1.165, 1.54) is 44.1 Å². The van der Waals surface area contributed by atoms with Crippen LogP contribution in [0.1, 0.15) is 45.4 Å². The summed E-state index contributed by atoms with van der Waals surface area (Å²) in [5.41, 5.74) is 0. The molecule has 98 valence electrons. The maximum Gasteiger partial charge on any atom is 0.195 e. The van der Waals surface area contributed by atoms with Crippen LogP contribution < -0.4 is 0 Å². The first kappa shape index (κ1) is 13.5. The van der Waals surface area contributed by atoms with Crippen molar-refractivity contribution < 1.29 is 4.74 Å². The topological polar surface area (TPSA) is 21.6 Å². The molecule has 0 aromatic heterocycles. The first-order chi connectivity index (χ1) is 8.88. The molecule has 2 nitrogen and oxygen atoms in total. The molecule has 1 saturated carbocycles. The van der Waals surface area contributed by atoms with Crippen molar-refractivity contribution in [3.8, 4) is 0 Å². The highest BCUT2D eigenvalue weighted by molar-refractivity contribution is 7.98. The van der Waals surface area contributed by atoms with Crippen molar-refractivity contribution >= 4 is 17.8 Å². The van der Waals surface area contributed by atoms with Crippen molar-refractivity contribution in [2.24, 2.45) is 4.40 Å². The lowest BCUT2D eigenvalue weighted by atomic mass is 9.98. The van der Waals surface area contributed by atoms with Gasteiger partial charge in [-0.25, -0.2) is 0 Å². The quantitative estimate of drug-likeness (QED) is 0.440. The molecule has 0 unspecified atom stereocenters. The highest BCUT2D eigenvalue weighted by Gasteiger charge is 2.15. The summed E-state index contributed by atoms with van der Waals surface area (Å²) in [6.07, 6.45) is 7.60. The Morgan fingerprint density at radius 2 is 1.94 bits per heavy atom. The lowest BCUT2D eigenvalue weighted by Crippen LogP contribution is -2.20. The molecule has 1 aliphatic carbocycles. The summed E-state index contributed by atoms with van der Waals surface area (Å²) in [5, 5.41) is 0. The molecule has 0 heterocycles.